The van der Waals surface area contributed by atoms with Crippen LogP contribution in [0.5, 0.6) is 5.75 Å². The van der Waals surface area contributed by atoms with Crippen molar-refractivity contribution >= 4 is 32.8 Å². The van der Waals surface area contributed by atoms with Gasteiger partial charge in [0.15, 0.2) is 0 Å². The van der Waals surface area contributed by atoms with Crippen LogP contribution in [0.4, 0.5) is 5.95 Å². The van der Waals surface area contributed by atoms with Crippen LogP contribution in [0.3, 0.4) is 0 Å². The second kappa shape index (κ2) is 7.65. The summed E-state index contributed by atoms with van der Waals surface area (Å²) in [5, 5.41) is 0.859. The van der Waals surface area contributed by atoms with Gasteiger partial charge in [0.05, 0.1) is 29.4 Å². The summed E-state index contributed by atoms with van der Waals surface area (Å²) < 4.78 is 9.08. The summed E-state index contributed by atoms with van der Waals surface area (Å²) in [6.07, 6.45) is 3.57. The molecule has 6 rings (SSSR count). The van der Waals surface area contributed by atoms with Gasteiger partial charge in [-0.2, -0.15) is 0 Å². The highest BCUT2D eigenvalue weighted by Gasteiger charge is 2.35. The van der Waals surface area contributed by atoms with Gasteiger partial charge in [0.25, 0.3) is 0 Å². The van der Waals surface area contributed by atoms with Gasteiger partial charge in [0.2, 0.25) is 5.95 Å². The molecule has 0 radical (unpaired) electrons. The Balaban J connectivity index is 1.74. The fourth-order valence-corrected chi connectivity index (χ4v) is 5.00. The van der Waals surface area contributed by atoms with Crippen LogP contribution in [0.2, 0.25) is 0 Å². The monoisotopic (exact) mass is 512 g/mol. The fourth-order valence-electron chi connectivity index (χ4n) is 4.64. The Morgan fingerprint density at radius 2 is 1.85 bits per heavy atom. The lowest BCUT2D eigenvalue weighted by molar-refractivity contribution is 0.305. The molecule has 7 nitrogen and oxygen atoms in total. The third kappa shape index (κ3) is 3.18. The predicted octanol–water partition coefficient (Wildman–Crippen LogP) is 4.52. The van der Waals surface area contributed by atoms with Crippen molar-refractivity contribution in [3.05, 3.63) is 100 Å². The van der Waals surface area contributed by atoms with Crippen molar-refractivity contribution in [1.82, 2.24) is 19.5 Å². The molecule has 8 heteroatoms. The number of nitrogens with zero attached hydrogens (tertiary/aromatic N) is 4. The van der Waals surface area contributed by atoms with E-state index in [-0.39, 0.29) is 5.95 Å². The summed E-state index contributed by atoms with van der Waals surface area (Å²) >= 11 is 3.67. The number of fused-ring (bicyclic) bond motifs is 6. The van der Waals surface area contributed by atoms with Gasteiger partial charge in [-0.25, -0.2) is 15.0 Å². The highest BCUT2D eigenvalue weighted by atomic mass is 79.9. The number of imidazole rings is 1. The minimum atomic E-state index is -0.986. The molecule has 6 bridgehead atoms. The van der Waals surface area contributed by atoms with Crippen LogP contribution in [-0.2, 0) is 19.2 Å². The van der Waals surface area contributed by atoms with E-state index in [4.69, 9.17) is 16.2 Å². The number of aryl methyl sites for hydroxylation is 1. The van der Waals surface area contributed by atoms with Crippen LogP contribution in [0.15, 0.2) is 77.7 Å². The number of rotatable bonds is 1. The molecule has 2 aromatic heterocycles. The maximum absolute atomic E-state index is 7.33. The van der Waals surface area contributed by atoms with E-state index in [0.717, 1.165) is 54.8 Å². The van der Waals surface area contributed by atoms with Crippen LogP contribution in [0.1, 0.15) is 22.4 Å². The SMILES string of the molecule is Cn1cncc1C1(N)c2ccc(Br)c(c2)COc2cccc(c2)-c2nc(N)nc3ccc1cc23. The molecule has 34 heavy (non-hydrogen) atoms. The number of halogens is 1. The lowest BCUT2D eigenvalue weighted by Crippen LogP contribution is -2.41. The topological polar surface area (TPSA) is 105 Å². The van der Waals surface area contributed by atoms with Crippen LogP contribution in [0.25, 0.3) is 22.2 Å². The summed E-state index contributed by atoms with van der Waals surface area (Å²) in [5.74, 6) is 0.952. The largest absolute Gasteiger partial charge is 0.489 e. The van der Waals surface area contributed by atoms with E-state index in [1.807, 2.05) is 66.3 Å². The highest BCUT2D eigenvalue weighted by molar-refractivity contribution is 9.10. The number of anilines is 1. The second-order valence-electron chi connectivity index (χ2n) is 8.48. The molecule has 0 spiro atoms. The Bertz CT molecular complexity index is 1580. The quantitative estimate of drug-likeness (QED) is 0.342. The average molecular weight is 513 g/mol. The fraction of sp³-hybridized carbons (Fsp3) is 0.115. The number of nitrogens with two attached hydrogens (primary N) is 2. The molecule has 1 unspecified atom stereocenters. The first-order chi connectivity index (χ1) is 16.4. The minimum Gasteiger partial charge on any atom is -0.489 e. The molecule has 1 aliphatic rings. The standard InChI is InChI=1S/C26H21BrN6O/c1-33-14-30-12-23(33)26(29)17-5-7-21(27)16(9-17)13-34-19-4-2-3-15(10-19)24-20-11-18(26)6-8-22(20)31-25(28)32-24/h2-12,14H,13,29H2,1H3,(H2,28,31,32). The molecule has 168 valence electrons. The van der Waals surface area contributed by atoms with Crippen molar-refractivity contribution < 1.29 is 4.74 Å². The van der Waals surface area contributed by atoms with Crippen LogP contribution in [-0.4, -0.2) is 19.5 Å². The Morgan fingerprint density at radius 3 is 2.68 bits per heavy atom. The van der Waals surface area contributed by atoms with Gasteiger partial charge in [-0.1, -0.05) is 40.2 Å². The highest BCUT2D eigenvalue weighted by Crippen LogP contribution is 2.39. The first-order valence-electron chi connectivity index (χ1n) is 10.8. The summed E-state index contributed by atoms with van der Waals surface area (Å²) in [7, 11) is 1.95. The van der Waals surface area contributed by atoms with Gasteiger partial charge in [-0.05, 0) is 47.5 Å². The van der Waals surface area contributed by atoms with Crippen molar-refractivity contribution in [2.24, 2.45) is 12.8 Å². The maximum Gasteiger partial charge on any atom is 0.221 e. The number of ether oxygens (including phenoxy) is 1. The molecule has 0 saturated carbocycles. The molecule has 4 N–H and O–H groups in total. The lowest BCUT2D eigenvalue weighted by atomic mass is 9.80. The number of hydrogen-bond acceptors (Lipinski definition) is 6. The van der Waals surface area contributed by atoms with E-state index >= 15 is 0 Å². The van der Waals surface area contributed by atoms with Crippen LogP contribution < -0.4 is 16.2 Å². The average Bonchev–Trinajstić information content (AvgIpc) is 3.28. The summed E-state index contributed by atoms with van der Waals surface area (Å²) in [5.41, 5.74) is 18.5. The van der Waals surface area contributed by atoms with Crippen LogP contribution >= 0.6 is 15.9 Å². The molecule has 0 amide bonds. The van der Waals surface area contributed by atoms with Crippen molar-refractivity contribution in [2.75, 3.05) is 5.73 Å². The number of hydrogen-bond donors (Lipinski definition) is 2. The molecule has 1 atom stereocenters. The predicted molar refractivity (Wildman–Crippen MR) is 135 cm³/mol. The first-order valence-corrected chi connectivity index (χ1v) is 11.6. The zero-order chi connectivity index (χ0) is 23.4. The van der Waals surface area contributed by atoms with E-state index < -0.39 is 5.54 Å². The van der Waals surface area contributed by atoms with Gasteiger partial charge in [0.1, 0.15) is 17.9 Å². The molecule has 1 aliphatic heterocycles. The third-order valence-corrected chi connectivity index (χ3v) is 7.17. The van der Waals surface area contributed by atoms with Crippen molar-refractivity contribution in [1.29, 1.82) is 0 Å². The maximum atomic E-state index is 7.33. The zero-order valence-corrected chi connectivity index (χ0v) is 20.0. The van der Waals surface area contributed by atoms with Gasteiger partial charge in [-0.15, -0.1) is 0 Å². The van der Waals surface area contributed by atoms with Gasteiger partial charge >= 0.3 is 0 Å². The minimum absolute atomic E-state index is 0.215. The Labute approximate surface area is 204 Å². The van der Waals surface area contributed by atoms with Gasteiger partial charge < -0.3 is 20.8 Å². The Kier molecular flexibility index (Phi) is 4.68. The molecule has 3 aromatic carbocycles. The lowest BCUT2D eigenvalue weighted by Gasteiger charge is -2.32. The number of nitrogen functional groups attached to an aromatic ring is 1. The van der Waals surface area contributed by atoms with Crippen molar-refractivity contribution in [3.63, 3.8) is 0 Å². The molecule has 0 saturated heterocycles. The van der Waals surface area contributed by atoms with Crippen molar-refractivity contribution in [3.8, 4) is 17.0 Å². The molecule has 0 fully saturated rings. The normalized spacial score (nSPS) is 17.0. The first kappa shape index (κ1) is 20.8. The van der Waals surface area contributed by atoms with Gasteiger partial charge in [-0.3, -0.25) is 0 Å². The summed E-state index contributed by atoms with van der Waals surface area (Å²) in [6.45, 7) is 0.373. The van der Waals surface area contributed by atoms with E-state index in [9.17, 15) is 0 Å². The molecule has 0 aliphatic carbocycles. The molecular weight excluding hydrogens is 492 g/mol. The Hall–Kier alpha value is -3.75. The van der Waals surface area contributed by atoms with E-state index in [1.165, 1.54) is 0 Å². The number of benzene rings is 3. The van der Waals surface area contributed by atoms with E-state index in [1.54, 1.807) is 6.33 Å². The molecule has 3 heterocycles. The van der Waals surface area contributed by atoms with E-state index in [2.05, 4.69) is 43.0 Å². The van der Waals surface area contributed by atoms with Gasteiger partial charge in [0, 0.05) is 28.0 Å². The second-order valence-corrected chi connectivity index (χ2v) is 9.34. The van der Waals surface area contributed by atoms with Crippen LogP contribution in [0, 0.1) is 0 Å². The number of aromatic nitrogens is 4. The Morgan fingerprint density at radius 1 is 1.03 bits per heavy atom. The summed E-state index contributed by atoms with van der Waals surface area (Å²) in [6, 6.07) is 20.0. The van der Waals surface area contributed by atoms with Crippen molar-refractivity contribution in [2.45, 2.75) is 12.1 Å². The van der Waals surface area contributed by atoms with E-state index in [0.29, 0.717) is 6.61 Å². The third-order valence-electron chi connectivity index (χ3n) is 6.39. The zero-order valence-electron chi connectivity index (χ0n) is 18.4. The smallest absolute Gasteiger partial charge is 0.221 e. The molecular formula is C26H21BrN6O. The molecule has 5 aromatic rings. The summed E-state index contributed by atoms with van der Waals surface area (Å²) in [4.78, 5) is 13.4.